The molecule has 1 aromatic heterocycles. The fourth-order valence-electron chi connectivity index (χ4n) is 3.25. The Hall–Kier alpha value is -2.86. The van der Waals surface area contributed by atoms with E-state index in [0.717, 1.165) is 16.8 Å². The number of amides is 1. The number of aromatic nitrogens is 2. The van der Waals surface area contributed by atoms with Crippen molar-refractivity contribution in [3.63, 3.8) is 0 Å². The van der Waals surface area contributed by atoms with Crippen molar-refractivity contribution in [3.8, 4) is 11.1 Å². The van der Waals surface area contributed by atoms with Gasteiger partial charge >= 0.3 is 0 Å². The van der Waals surface area contributed by atoms with Gasteiger partial charge in [-0.1, -0.05) is 60.3 Å². The number of rotatable bonds is 4. The molecule has 6 heteroatoms. The number of thioether (sulfide) groups is 1. The minimum atomic E-state index is -0.172. The zero-order valence-electron chi connectivity index (χ0n) is 14.9. The van der Waals surface area contributed by atoms with E-state index in [1.54, 1.807) is 17.7 Å². The molecule has 2 aromatic carbocycles. The highest BCUT2D eigenvalue weighted by Crippen LogP contribution is 2.33. The summed E-state index contributed by atoms with van der Waals surface area (Å²) < 4.78 is 1.66. The Morgan fingerprint density at radius 1 is 1.19 bits per heavy atom. The lowest BCUT2D eigenvalue weighted by atomic mass is 10.0. The Bertz CT molecular complexity index is 1050. The summed E-state index contributed by atoms with van der Waals surface area (Å²) in [5, 5.41) is 3.70. The monoisotopic (exact) mass is 377 g/mol. The number of fused-ring (bicyclic) bond motifs is 1. The van der Waals surface area contributed by atoms with Crippen LogP contribution in [0.25, 0.3) is 11.1 Å². The quantitative estimate of drug-likeness (QED) is 0.701. The number of aryl methyl sites for hydroxylation is 1. The Balaban J connectivity index is 1.55. The molecule has 0 fully saturated rings. The molecule has 1 N–H and O–H groups in total. The minimum Gasteiger partial charge on any atom is -0.325 e. The summed E-state index contributed by atoms with van der Waals surface area (Å²) in [6.45, 7) is 1.75. The van der Waals surface area contributed by atoms with E-state index in [0.29, 0.717) is 16.5 Å². The third kappa shape index (κ3) is 3.53. The van der Waals surface area contributed by atoms with E-state index >= 15 is 0 Å². The average molecular weight is 377 g/mol. The molecule has 2 heterocycles. The van der Waals surface area contributed by atoms with Crippen LogP contribution in [0.5, 0.6) is 0 Å². The van der Waals surface area contributed by atoms with Crippen LogP contribution in [-0.4, -0.2) is 21.2 Å². The van der Waals surface area contributed by atoms with Crippen LogP contribution in [0.15, 0.2) is 70.7 Å². The molecule has 0 saturated heterocycles. The number of para-hydroxylation sites is 1. The van der Waals surface area contributed by atoms with Crippen LogP contribution in [0.3, 0.4) is 0 Å². The summed E-state index contributed by atoms with van der Waals surface area (Å²) in [4.78, 5) is 29.4. The van der Waals surface area contributed by atoms with Gasteiger partial charge in [-0.05, 0) is 18.6 Å². The Morgan fingerprint density at radius 3 is 2.74 bits per heavy atom. The van der Waals surface area contributed by atoms with Gasteiger partial charge in [0.2, 0.25) is 5.91 Å². The van der Waals surface area contributed by atoms with E-state index in [9.17, 15) is 9.59 Å². The third-order valence-electron chi connectivity index (χ3n) is 4.61. The maximum absolute atomic E-state index is 12.7. The van der Waals surface area contributed by atoms with Gasteiger partial charge in [0.1, 0.15) is 0 Å². The predicted molar refractivity (Wildman–Crippen MR) is 108 cm³/mol. The second-order valence-electron chi connectivity index (χ2n) is 6.53. The van der Waals surface area contributed by atoms with Crippen LogP contribution in [-0.2, 0) is 4.79 Å². The number of carbonyl (C=O) groups excluding carboxylic acids is 1. The zero-order chi connectivity index (χ0) is 18.8. The first-order valence-electron chi connectivity index (χ1n) is 8.79. The van der Waals surface area contributed by atoms with Crippen LogP contribution in [0.1, 0.15) is 18.0 Å². The van der Waals surface area contributed by atoms with Gasteiger partial charge in [-0.3, -0.25) is 14.2 Å². The molecule has 1 unspecified atom stereocenters. The molecule has 3 aromatic rings. The van der Waals surface area contributed by atoms with Crippen molar-refractivity contribution in [1.29, 1.82) is 0 Å². The lowest BCUT2D eigenvalue weighted by molar-refractivity contribution is -0.116. The van der Waals surface area contributed by atoms with Crippen LogP contribution in [0.2, 0.25) is 0 Å². The van der Waals surface area contributed by atoms with Gasteiger partial charge in [0.05, 0.1) is 6.04 Å². The summed E-state index contributed by atoms with van der Waals surface area (Å²) >= 11 is 1.52. The molecule has 1 amide bonds. The van der Waals surface area contributed by atoms with Crippen molar-refractivity contribution >= 4 is 23.4 Å². The number of benzene rings is 2. The van der Waals surface area contributed by atoms with Gasteiger partial charge in [-0.25, -0.2) is 4.98 Å². The van der Waals surface area contributed by atoms with E-state index in [1.807, 2.05) is 54.6 Å². The molecule has 0 aliphatic carbocycles. The largest absolute Gasteiger partial charge is 0.325 e. The van der Waals surface area contributed by atoms with Crippen LogP contribution < -0.4 is 10.9 Å². The second-order valence-corrected chi connectivity index (χ2v) is 7.51. The lowest BCUT2D eigenvalue weighted by Crippen LogP contribution is -2.28. The summed E-state index contributed by atoms with van der Waals surface area (Å²) in [6, 6.07) is 17.5. The highest BCUT2D eigenvalue weighted by Gasteiger charge is 2.27. The van der Waals surface area contributed by atoms with Gasteiger partial charge in [0.15, 0.2) is 5.16 Å². The lowest BCUT2D eigenvalue weighted by Gasteiger charge is -2.15. The molecule has 27 heavy (non-hydrogen) atoms. The number of nitrogens with one attached hydrogen (secondary N) is 1. The number of hydrogen-bond donors (Lipinski definition) is 1. The van der Waals surface area contributed by atoms with Gasteiger partial charge in [-0.2, -0.15) is 0 Å². The first-order chi connectivity index (χ1) is 13.1. The molecule has 0 bridgehead atoms. The first kappa shape index (κ1) is 17.5. The molecule has 5 nitrogen and oxygen atoms in total. The fraction of sp³-hybridized carbons (Fsp3) is 0.190. The highest BCUT2D eigenvalue weighted by atomic mass is 32.2. The van der Waals surface area contributed by atoms with Crippen molar-refractivity contribution < 1.29 is 4.79 Å². The number of hydrogen-bond acceptors (Lipinski definition) is 4. The minimum absolute atomic E-state index is 0.0625. The maximum atomic E-state index is 12.7. The van der Waals surface area contributed by atoms with Crippen molar-refractivity contribution in [2.24, 2.45) is 0 Å². The van der Waals surface area contributed by atoms with Crippen LogP contribution in [0, 0.1) is 6.92 Å². The standard InChI is InChI=1S/C21H19N3O2S/c1-14-12-22-21-24(20(14)26)16(13-27-21)11-19(25)23-18-10-6-5-9-17(18)15-7-3-2-4-8-15/h2-10,12,16H,11,13H2,1H3,(H,23,25). The molecule has 136 valence electrons. The third-order valence-corrected chi connectivity index (χ3v) is 5.72. The van der Waals surface area contributed by atoms with Gasteiger partial charge < -0.3 is 5.32 Å². The van der Waals surface area contributed by atoms with Crippen molar-refractivity contribution in [2.45, 2.75) is 24.5 Å². The van der Waals surface area contributed by atoms with E-state index in [-0.39, 0.29) is 23.9 Å². The Morgan fingerprint density at radius 2 is 1.93 bits per heavy atom. The van der Waals surface area contributed by atoms with E-state index in [4.69, 9.17) is 0 Å². The Labute approximate surface area is 161 Å². The first-order valence-corrected chi connectivity index (χ1v) is 9.77. The number of anilines is 1. The molecule has 1 aliphatic heterocycles. The van der Waals surface area contributed by atoms with Crippen molar-refractivity contribution in [1.82, 2.24) is 9.55 Å². The second kappa shape index (κ2) is 7.40. The van der Waals surface area contributed by atoms with Gasteiger partial charge in [-0.15, -0.1) is 0 Å². The molecule has 0 spiro atoms. The van der Waals surface area contributed by atoms with Gasteiger partial charge in [0.25, 0.3) is 5.56 Å². The molecule has 4 rings (SSSR count). The summed E-state index contributed by atoms with van der Waals surface area (Å²) in [6.07, 6.45) is 1.84. The predicted octanol–water partition coefficient (Wildman–Crippen LogP) is 3.89. The van der Waals surface area contributed by atoms with Crippen LogP contribution >= 0.6 is 11.8 Å². The fourth-order valence-corrected chi connectivity index (χ4v) is 4.35. The van der Waals surface area contributed by atoms with E-state index in [1.165, 1.54) is 11.8 Å². The SMILES string of the molecule is Cc1cnc2n(c1=O)C(CC(=O)Nc1ccccc1-c1ccccc1)CS2. The molecule has 0 saturated carbocycles. The number of carbonyl (C=O) groups is 1. The molecular weight excluding hydrogens is 358 g/mol. The summed E-state index contributed by atoms with van der Waals surface area (Å²) in [5.74, 6) is 0.574. The normalized spacial score (nSPS) is 15.4. The summed E-state index contributed by atoms with van der Waals surface area (Å²) in [7, 11) is 0. The summed E-state index contributed by atoms with van der Waals surface area (Å²) in [5.41, 5.74) is 3.33. The number of nitrogens with zero attached hydrogens (tertiary/aromatic N) is 2. The average Bonchev–Trinajstić information content (AvgIpc) is 3.09. The topological polar surface area (TPSA) is 64.0 Å². The molecule has 1 aliphatic rings. The van der Waals surface area contributed by atoms with Crippen LogP contribution in [0.4, 0.5) is 5.69 Å². The maximum Gasteiger partial charge on any atom is 0.257 e. The zero-order valence-corrected chi connectivity index (χ0v) is 15.7. The van der Waals surface area contributed by atoms with Crippen molar-refractivity contribution in [3.05, 3.63) is 76.7 Å². The van der Waals surface area contributed by atoms with E-state index < -0.39 is 0 Å². The van der Waals surface area contributed by atoms with Crippen molar-refractivity contribution in [2.75, 3.05) is 11.1 Å². The highest BCUT2D eigenvalue weighted by molar-refractivity contribution is 7.99. The molecular formula is C21H19N3O2S. The van der Waals surface area contributed by atoms with E-state index in [2.05, 4.69) is 10.3 Å². The molecule has 0 radical (unpaired) electrons. The smallest absolute Gasteiger partial charge is 0.257 e. The molecule has 1 atom stereocenters. The van der Waals surface area contributed by atoms with Gasteiger partial charge in [0, 0.05) is 35.2 Å². The Kier molecular flexibility index (Phi) is 4.81.